The number of halogens is 2. The lowest BCUT2D eigenvalue weighted by Gasteiger charge is -2.08. The molecule has 0 unspecified atom stereocenters. The fourth-order valence-corrected chi connectivity index (χ4v) is 3.02. The molecule has 6 heteroatoms. The van der Waals surface area contributed by atoms with Crippen molar-refractivity contribution >= 4 is 34.3 Å². The molecule has 0 radical (unpaired) electrons. The maximum Gasteiger partial charge on any atom is 0.258 e. The molecule has 0 aliphatic rings. The van der Waals surface area contributed by atoms with Gasteiger partial charge in [0.2, 0.25) is 5.89 Å². The van der Waals surface area contributed by atoms with E-state index in [4.69, 9.17) is 16.0 Å². The fraction of sp³-hybridized carbons (Fsp3) is 0.0476. The van der Waals surface area contributed by atoms with E-state index in [9.17, 15) is 9.18 Å². The minimum Gasteiger partial charge on any atom is -0.436 e. The van der Waals surface area contributed by atoms with Crippen molar-refractivity contribution in [2.75, 3.05) is 5.32 Å². The van der Waals surface area contributed by atoms with Crippen LogP contribution < -0.4 is 5.32 Å². The van der Waals surface area contributed by atoms with Crippen LogP contribution >= 0.6 is 11.6 Å². The van der Waals surface area contributed by atoms with Gasteiger partial charge in [0.1, 0.15) is 11.3 Å². The molecule has 3 aromatic carbocycles. The van der Waals surface area contributed by atoms with Gasteiger partial charge in [-0.15, -0.1) is 0 Å². The van der Waals surface area contributed by atoms with Crippen LogP contribution in [0.5, 0.6) is 0 Å². The number of hydrogen-bond acceptors (Lipinski definition) is 3. The molecule has 0 bridgehead atoms. The van der Waals surface area contributed by atoms with Gasteiger partial charge in [-0.05, 0) is 55.0 Å². The molecule has 134 valence electrons. The number of hydrogen-bond donors (Lipinski definition) is 1. The number of carbonyl (C=O) groups is 1. The van der Waals surface area contributed by atoms with Gasteiger partial charge in [-0.3, -0.25) is 4.79 Å². The Kier molecular flexibility index (Phi) is 4.38. The van der Waals surface area contributed by atoms with Crippen molar-refractivity contribution in [2.24, 2.45) is 0 Å². The summed E-state index contributed by atoms with van der Waals surface area (Å²) in [7, 11) is 0. The van der Waals surface area contributed by atoms with E-state index >= 15 is 0 Å². The lowest BCUT2D eigenvalue weighted by molar-refractivity contribution is 0.102. The Balaban J connectivity index is 1.62. The second kappa shape index (κ2) is 6.85. The Morgan fingerprint density at radius 2 is 1.93 bits per heavy atom. The van der Waals surface area contributed by atoms with Crippen molar-refractivity contribution in [3.63, 3.8) is 0 Å². The van der Waals surface area contributed by atoms with Crippen molar-refractivity contribution in [1.82, 2.24) is 4.98 Å². The summed E-state index contributed by atoms with van der Waals surface area (Å²) in [5, 5.41) is 3.00. The Morgan fingerprint density at radius 3 is 2.70 bits per heavy atom. The van der Waals surface area contributed by atoms with Crippen LogP contribution in [0.25, 0.3) is 22.6 Å². The molecule has 0 aliphatic heterocycles. The molecule has 4 rings (SSSR count). The first-order valence-electron chi connectivity index (χ1n) is 8.24. The number of benzene rings is 3. The van der Waals surface area contributed by atoms with E-state index in [0.29, 0.717) is 27.7 Å². The van der Waals surface area contributed by atoms with Crippen LogP contribution in [-0.2, 0) is 0 Å². The van der Waals surface area contributed by atoms with Gasteiger partial charge in [-0.1, -0.05) is 29.8 Å². The largest absolute Gasteiger partial charge is 0.436 e. The predicted molar refractivity (Wildman–Crippen MR) is 104 cm³/mol. The van der Waals surface area contributed by atoms with Crippen LogP contribution in [0.1, 0.15) is 15.9 Å². The van der Waals surface area contributed by atoms with Gasteiger partial charge in [-0.25, -0.2) is 9.37 Å². The first kappa shape index (κ1) is 17.2. The minimum absolute atomic E-state index is 0.0352. The van der Waals surface area contributed by atoms with E-state index in [1.54, 1.807) is 24.3 Å². The number of amides is 1. The van der Waals surface area contributed by atoms with E-state index < -0.39 is 11.7 Å². The van der Waals surface area contributed by atoms with Crippen LogP contribution in [0.4, 0.5) is 10.1 Å². The van der Waals surface area contributed by atoms with Crippen molar-refractivity contribution < 1.29 is 13.6 Å². The zero-order valence-electron chi connectivity index (χ0n) is 14.3. The number of rotatable bonds is 3. The standard InChI is InChI=1S/C21H14ClFN2O2/c1-12-6-9-19-18(10-12)25-21(27-19)14-8-7-13(11-16(14)22)24-20(26)15-4-2-3-5-17(15)23/h2-11H,1H3,(H,24,26). The Labute approximate surface area is 159 Å². The molecule has 4 aromatic rings. The predicted octanol–water partition coefficient (Wildman–Crippen LogP) is 5.85. The smallest absolute Gasteiger partial charge is 0.258 e. The molecule has 1 N–H and O–H groups in total. The minimum atomic E-state index is -0.584. The van der Waals surface area contributed by atoms with Gasteiger partial charge in [-0.2, -0.15) is 0 Å². The van der Waals surface area contributed by atoms with E-state index in [0.717, 1.165) is 11.1 Å². The summed E-state index contributed by atoms with van der Waals surface area (Å²) in [5.74, 6) is -0.735. The van der Waals surface area contributed by atoms with Crippen LogP contribution in [0.15, 0.2) is 65.1 Å². The summed E-state index contributed by atoms with van der Waals surface area (Å²) in [5.41, 5.74) is 3.52. The highest BCUT2D eigenvalue weighted by atomic mass is 35.5. The first-order valence-corrected chi connectivity index (χ1v) is 8.62. The molecular weight excluding hydrogens is 367 g/mol. The quantitative estimate of drug-likeness (QED) is 0.485. The summed E-state index contributed by atoms with van der Waals surface area (Å²) in [6, 6.07) is 16.5. The van der Waals surface area contributed by atoms with Gasteiger partial charge >= 0.3 is 0 Å². The fourth-order valence-electron chi connectivity index (χ4n) is 2.76. The molecule has 1 amide bonds. The molecule has 0 saturated carbocycles. The number of carbonyl (C=O) groups excluding carboxylic acids is 1. The molecule has 0 saturated heterocycles. The van der Waals surface area contributed by atoms with Crippen molar-refractivity contribution in [3.05, 3.63) is 82.6 Å². The highest BCUT2D eigenvalue weighted by molar-refractivity contribution is 6.33. The number of nitrogens with one attached hydrogen (secondary N) is 1. The van der Waals surface area contributed by atoms with Crippen LogP contribution in [0, 0.1) is 12.7 Å². The summed E-state index contributed by atoms with van der Waals surface area (Å²) in [6.07, 6.45) is 0. The zero-order chi connectivity index (χ0) is 19.0. The number of anilines is 1. The van der Waals surface area contributed by atoms with Gasteiger partial charge < -0.3 is 9.73 Å². The lowest BCUT2D eigenvalue weighted by Crippen LogP contribution is -2.13. The second-order valence-electron chi connectivity index (χ2n) is 6.12. The normalized spacial score (nSPS) is 10.9. The van der Waals surface area contributed by atoms with Crippen molar-refractivity contribution in [3.8, 4) is 11.5 Å². The summed E-state index contributed by atoms with van der Waals surface area (Å²) < 4.78 is 19.5. The topological polar surface area (TPSA) is 55.1 Å². The Bertz CT molecular complexity index is 1170. The van der Waals surface area contributed by atoms with E-state index in [2.05, 4.69) is 10.3 Å². The third-order valence-corrected chi connectivity index (χ3v) is 4.43. The van der Waals surface area contributed by atoms with E-state index in [1.807, 2.05) is 25.1 Å². The number of fused-ring (bicyclic) bond motifs is 1. The average molecular weight is 381 g/mol. The first-order chi connectivity index (χ1) is 13.0. The third kappa shape index (κ3) is 3.41. The SMILES string of the molecule is Cc1ccc2oc(-c3ccc(NC(=O)c4ccccc4F)cc3Cl)nc2c1. The van der Waals surface area contributed by atoms with Crippen LogP contribution in [0.3, 0.4) is 0 Å². The second-order valence-corrected chi connectivity index (χ2v) is 6.53. The lowest BCUT2D eigenvalue weighted by atomic mass is 10.1. The number of aromatic nitrogens is 1. The van der Waals surface area contributed by atoms with Crippen molar-refractivity contribution in [2.45, 2.75) is 6.92 Å². The van der Waals surface area contributed by atoms with Gasteiger partial charge in [0.15, 0.2) is 5.58 Å². The number of nitrogens with zero attached hydrogens (tertiary/aromatic N) is 1. The average Bonchev–Trinajstić information content (AvgIpc) is 3.04. The molecule has 0 aliphatic carbocycles. The monoisotopic (exact) mass is 380 g/mol. The van der Waals surface area contributed by atoms with Crippen LogP contribution in [-0.4, -0.2) is 10.9 Å². The maximum atomic E-state index is 13.7. The van der Waals surface area contributed by atoms with Crippen LogP contribution in [0.2, 0.25) is 5.02 Å². The Morgan fingerprint density at radius 1 is 1.11 bits per heavy atom. The number of aryl methyl sites for hydroxylation is 1. The highest BCUT2D eigenvalue weighted by Gasteiger charge is 2.15. The summed E-state index contributed by atoms with van der Waals surface area (Å²) >= 11 is 6.36. The van der Waals surface area contributed by atoms with Crippen molar-refractivity contribution in [1.29, 1.82) is 0 Å². The summed E-state index contributed by atoms with van der Waals surface area (Å²) in [6.45, 7) is 1.98. The van der Waals surface area contributed by atoms with E-state index in [1.165, 1.54) is 18.2 Å². The molecule has 0 spiro atoms. The molecular formula is C21H14ClFN2O2. The van der Waals surface area contributed by atoms with E-state index in [-0.39, 0.29) is 5.56 Å². The molecule has 1 aromatic heterocycles. The molecule has 0 atom stereocenters. The Hall–Kier alpha value is -3.18. The highest BCUT2D eigenvalue weighted by Crippen LogP contribution is 2.32. The maximum absolute atomic E-state index is 13.7. The summed E-state index contributed by atoms with van der Waals surface area (Å²) in [4.78, 5) is 16.7. The zero-order valence-corrected chi connectivity index (χ0v) is 15.0. The van der Waals surface area contributed by atoms with Gasteiger partial charge in [0.05, 0.1) is 16.1 Å². The number of oxazole rings is 1. The molecule has 4 nitrogen and oxygen atoms in total. The molecule has 27 heavy (non-hydrogen) atoms. The van der Waals surface area contributed by atoms with Gasteiger partial charge in [0.25, 0.3) is 5.91 Å². The third-order valence-electron chi connectivity index (χ3n) is 4.12. The molecule has 0 fully saturated rings. The van der Waals surface area contributed by atoms with Gasteiger partial charge in [0, 0.05) is 5.69 Å². The molecule has 1 heterocycles.